The molecular weight excluding hydrogens is 263 g/mol. The van der Waals surface area contributed by atoms with Crippen LogP contribution in [0.4, 0.5) is 10.1 Å². The summed E-state index contributed by atoms with van der Waals surface area (Å²) in [6, 6.07) is 3.45. The molecule has 0 aromatic heterocycles. The van der Waals surface area contributed by atoms with Crippen molar-refractivity contribution >= 4 is 21.7 Å². The Morgan fingerprint density at radius 1 is 1.39 bits per heavy atom. The number of anilines is 1. The standard InChI is InChI=1S/C10H13FN2O4S/c1-18(16,17)13-5-4-12-9-3-2-7(10(14)15)6-8(9)11/h2-3,6,12-13H,4-5H2,1H3,(H,14,15). The van der Waals surface area contributed by atoms with Gasteiger partial charge in [-0.1, -0.05) is 0 Å². The summed E-state index contributed by atoms with van der Waals surface area (Å²) in [5.74, 6) is -1.91. The zero-order valence-electron chi connectivity index (χ0n) is 9.60. The third kappa shape index (κ3) is 4.68. The molecule has 6 nitrogen and oxygen atoms in total. The van der Waals surface area contributed by atoms with E-state index in [0.29, 0.717) is 0 Å². The Hall–Kier alpha value is -1.67. The van der Waals surface area contributed by atoms with Gasteiger partial charge in [-0.2, -0.15) is 0 Å². The summed E-state index contributed by atoms with van der Waals surface area (Å²) in [5.41, 5.74) is -0.0254. The summed E-state index contributed by atoms with van der Waals surface area (Å²) in [6.07, 6.45) is 1.02. The first kappa shape index (κ1) is 14.4. The lowest BCUT2D eigenvalue weighted by atomic mass is 10.2. The number of aromatic carboxylic acids is 1. The summed E-state index contributed by atoms with van der Waals surface area (Å²) in [7, 11) is -3.27. The second-order valence-electron chi connectivity index (χ2n) is 3.59. The van der Waals surface area contributed by atoms with E-state index >= 15 is 0 Å². The van der Waals surface area contributed by atoms with Crippen molar-refractivity contribution in [2.24, 2.45) is 0 Å². The number of rotatable bonds is 6. The predicted octanol–water partition coefficient (Wildman–Crippen LogP) is 0.485. The first-order valence-corrected chi connectivity index (χ1v) is 6.90. The molecule has 0 amide bonds. The first-order valence-electron chi connectivity index (χ1n) is 5.01. The van der Waals surface area contributed by atoms with E-state index in [1.165, 1.54) is 12.1 Å². The van der Waals surface area contributed by atoms with Gasteiger partial charge in [-0.05, 0) is 18.2 Å². The number of nitrogens with one attached hydrogen (secondary N) is 2. The fraction of sp³-hybridized carbons (Fsp3) is 0.300. The molecule has 0 aliphatic carbocycles. The summed E-state index contributed by atoms with van der Waals surface area (Å²) >= 11 is 0. The number of carboxylic acids is 1. The molecule has 0 heterocycles. The quantitative estimate of drug-likeness (QED) is 0.657. The van der Waals surface area contributed by atoms with Crippen LogP contribution in [0.15, 0.2) is 18.2 Å². The molecule has 100 valence electrons. The van der Waals surface area contributed by atoms with Gasteiger partial charge in [0.15, 0.2) is 0 Å². The number of carboxylic acid groups (broad SMARTS) is 1. The molecule has 0 saturated carbocycles. The number of hydrogen-bond donors (Lipinski definition) is 3. The van der Waals surface area contributed by atoms with Gasteiger partial charge in [0.25, 0.3) is 0 Å². The van der Waals surface area contributed by atoms with Crippen molar-refractivity contribution in [1.29, 1.82) is 0 Å². The molecule has 0 fully saturated rings. The lowest BCUT2D eigenvalue weighted by molar-refractivity contribution is 0.0696. The Morgan fingerprint density at radius 2 is 2.06 bits per heavy atom. The van der Waals surface area contributed by atoms with Crippen LogP contribution in [0, 0.1) is 5.82 Å². The average molecular weight is 276 g/mol. The van der Waals surface area contributed by atoms with E-state index in [9.17, 15) is 17.6 Å². The topological polar surface area (TPSA) is 95.5 Å². The van der Waals surface area contributed by atoms with Crippen LogP contribution in [0.25, 0.3) is 0 Å². The van der Waals surface area contributed by atoms with E-state index in [1.54, 1.807) is 0 Å². The second-order valence-corrected chi connectivity index (χ2v) is 5.43. The van der Waals surface area contributed by atoms with Gasteiger partial charge in [-0.3, -0.25) is 0 Å². The Balaban J connectivity index is 2.56. The van der Waals surface area contributed by atoms with Crippen molar-refractivity contribution in [1.82, 2.24) is 4.72 Å². The molecule has 1 rings (SSSR count). The summed E-state index contributed by atoms with van der Waals surface area (Å²) in [6.45, 7) is 0.301. The normalized spacial score (nSPS) is 11.2. The van der Waals surface area contributed by atoms with E-state index in [4.69, 9.17) is 5.11 Å². The predicted molar refractivity (Wildman–Crippen MR) is 64.7 cm³/mol. The molecule has 0 bridgehead atoms. The molecule has 0 atom stereocenters. The lowest BCUT2D eigenvalue weighted by Gasteiger charge is -2.08. The van der Waals surface area contributed by atoms with Gasteiger partial charge in [0.2, 0.25) is 10.0 Å². The highest BCUT2D eigenvalue weighted by Crippen LogP contribution is 2.15. The molecule has 0 aliphatic heterocycles. The van der Waals surface area contributed by atoms with Gasteiger partial charge >= 0.3 is 5.97 Å². The summed E-state index contributed by atoms with van der Waals surface area (Å²) in [5, 5.41) is 11.3. The van der Waals surface area contributed by atoms with Gasteiger partial charge in [0.05, 0.1) is 17.5 Å². The van der Waals surface area contributed by atoms with Gasteiger partial charge in [-0.25, -0.2) is 22.3 Å². The highest BCUT2D eigenvalue weighted by Gasteiger charge is 2.08. The molecule has 0 spiro atoms. The minimum Gasteiger partial charge on any atom is -0.478 e. The smallest absolute Gasteiger partial charge is 0.335 e. The zero-order chi connectivity index (χ0) is 13.8. The molecule has 0 radical (unpaired) electrons. The van der Waals surface area contributed by atoms with Gasteiger partial charge < -0.3 is 10.4 Å². The monoisotopic (exact) mass is 276 g/mol. The van der Waals surface area contributed by atoms with Gasteiger partial charge in [-0.15, -0.1) is 0 Å². The third-order valence-corrected chi connectivity index (χ3v) is 2.75. The first-order chi connectivity index (χ1) is 8.29. The Bertz CT molecular complexity index is 545. The fourth-order valence-electron chi connectivity index (χ4n) is 1.23. The number of benzene rings is 1. The van der Waals surface area contributed by atoms with Crippen molar-refractivity contribution in [3.63, 3.8) is 0 Å². The molecule has 0 unspecified atom stereocenters. The van der Waals surface area contributed by atoms with Gasteiger partial charge in [0.1, 0.15) is 5.82 Å². The van der Waals surface area contributed by atoms with Crippen molar-refractivity contribution in [2.75, 3.05) is 24.7 Å². The third-order valence-electron chi connectivity index (χ3n) is 2.02. The summed E-state index contributed by atoms with van der Waals surface area (Å²) < 4.78 is 37.1. The Labute approximate surface area is 104 Å². The number of sulfonamides is 1. The Morgan fingerprint density at radius 3 is 2.56 bits per heavy atom. The minimum absolute atomic E-state index is 0.110. The van der Waals surface area contributed by atoms with Crippen molar-refractivity contribution < 1.29 is 22.7 Å². The van der Waals surface area contributed by atoms with E-state index in [1.807, 2.05) is 0 Å². The maximum Gasteiger partial charge on any atom is 0.335 e. The average Bonchev–Trinajstić information content (AvgIpc) is 2.24. The number of halogens is 1. The van der Waals surface area contributed by atoms with Crippen molar-refractivity contribution in [2.45, 2.75) is 0 Å². The largest absolute Gasteiger partial charge is 0.478 e. The minimum atomic E-state index is -3.27. The van der Waals surface area contributed by atoms with Crippen LogP contribution in [0.3, 0.4) is 0 Å². The fourth-order valence-corrected chi connectivity index (χ4v) is 1.70. The highest BCUT2D eigenvalue weighted by molar-refractivity contribution is 7.88. The van der Waals surface area contributed by atoms with Crippen LogP contribution >= 0.6 is 0 Å². The summed E-state index contributed by atoms with van der Waals surface area (Å²) in [4.78, 5) is 10.6. The van der Waals surface area contributed by atoms with E-state index < -0.39 is 21.8 Å². The molecule has 1 aromatic carbocycles. The molecule has 18 heavy (non-hydrogen) atoms. The van der Waals surface area contributed by atoms with E-state index in [2.05, 4.69) is 10.0 Å². The molecular formula is C10H13FN2O4S. The van der Waals surface area contributed by atoms with Crippen LogP contribution in [0.2, 0.25) is 0 Å². The van der Waals surface area contributed by atoms with Crippen molar-refractivity contribution in [3.8, 4) is 0 Å². The molecule has 8 heteroatoms. The second kappa shape index (κ2) is 5.78. The van der Waals surface area contributed by atoms with Crippen LogP contribution in [-0.4, -0.2) is 38.8 Å². The van der Waals surface area contributed by atoms with E-state index in [0.717, 1.165) is 12.3 Å². The van der Waals surface area contributed by atoms with E-state index in [-0.39, 0.29) is 24.3 Å². The number of carbonyl (C=O) groups is 1. The van der Waals surface area contributed by atoms with Crippen LogP contribution in [0.5, 0.6) is 0 Å². The maximum atomic E-state index is 13.4. The molecule has 0 aliphatic rings. The zero-order valence-corrected chi connectivity index (χ0v) is 10.4. The molecule has 0 saturated heterocycles. The SMILES string of the molecule is CS(=O)(=O)NCCNc1ccc(C(=O)O)cc1F. The van der Waals surface area contributed by atoms with Crippen LogP contribution < -0.4 is 10.0 Å². The molecule has 1 aromatic rings. The Kier molecular flexibility index (Phi) is 4.62. The van der Waals surface area contributed by atoms with Gasteiger partial charge in [0, 0.05) is 13.1 Å². The van der Waals surface area contributed by atoms with Crippen LogP contribution in [0.1, 0.15) is 10.4 Å². The molecule has 3 N–H and O–H groups in total. The highest BCUT2D eigenvalue weighted by atomic mass is 32.2. The van der Waals surface area contributed by atoms with Crippen LogP contribution in [-0.2, 0) is 10.0 Å². The number of hydrogen-bond acceptors (Lipinski definition) is 4. The maximum absolute atomic E-state index is 13.4. The lowest BCUT2D eigenvalue weighted by Crippen LogP contribution is -2.27. The van der Waals surface area contributed by atoms with Crippen molar-refractivity contribution in [3.05, 3.63) is 29.6 Å².